The third kappa shape index (κ3) is 2.46. The summed E-state index contributed by atoms with van der Waals surface area (Å²) in [7, 11) is -2.70. The van der Waals surface area contributed by atoms with Crippen molar-refractivity contribution in [3.63, 3.8) is 0 Å². The van der Waals surface area contributed by atoms with Crippen molar-refractivity contribution in [2.75, 3.05) is 11.5 Å². The molecule has 0 aliphatic carbocycles. The fourth-order valence-corrected chi connectivity index (χ4v) is 3.75. The van der Waals surface area contributed by atoms with Crippen LogP contribution in [0.5, 0.6) is 0 Å². The summed E-state index contributed by atoms with van der Waals surface area (Å²) in [6.45, 7) is 6.65. The zero-order chi connectivity index (χ0) is 10.1. The maximum atomic E-state index is 11.2. The minimum absolute atomic E-state index is 0.264. The second-order valence-electron chi connectivity index (χ2n) is 4.62. The van der Waals surface area contributed by atoms with E-state index in [4.69, 9.17) is 0 Å². The molecule has 0 bridgehead atoms. The highest BCUT2D eigenvalue weighted by Gasteiger charge is 2.36. The van der Waals surface area contributed by atoms with E-state index in [1.807, 2.05) is 0 Å². The first-order valence-corrected chi connectivity index (χ1v) is 6.92. The van der Waals surface area contributed by atoms with Gasteiger partial charge in [-0.15, -0.1) is 0 Å². The molecular formula is C10H20O2S. The molecule has 2 nitrogen and oxygen atoms in total. The van der Waals surface area contributed by atoms with E-state index in [9.17, 15) is 8.42 Å². The molecule has 0 aromatic heterocycles. The van der Waals surface area contributed by atoms with E-state index in [1.54, 1.807) is 0 Å². The fraction of sp³-hybridized carbons (Fsp3) is 1.00. The standard InChI is InChI=1S/C10H20O2S/c1-4-9(2)10(3)5-7-13(11,12)8-6-10/h9H,4-8H2,1-3H3. The van der Waals surface area contributed by atoms with Crippen LogP contribution in [0.1, 0.15) is 40.0 Å². The Morgan fingerprint density at radius 2 is 1.77 bits per heavy atom. The molecule has 1 aliphatic rings. The normalized spacial score (nSPS) is 28.2. The zero-order valence-corrected chi connectivity index (χ0v) is 9.65. The van der Waals surface area contributed by atoms with Gasteiger partial charge < -0.3 is 0 Å². The Kier molecular flexibility index (Phi) is 3.05. The van der Waals surface area contributed by atoms with Gasteiger partial charge >= 0.3 is 0 Å². The molecule has 1 fully saturated rings. The van der Waals surface area contributed by atoms with Crippen LogP contribution < -0.4 is 0 Å². The van der Waals surface area contributed by atoms with E-state index in [0.717, 1.165) is 19.3 Å². The molecule has 0 aromatic rings. The molecule has 0 saturated carbocycles. The number of rotatable bonds is 2. The van der Waals surface area contributed by atoms with Crippen LogP contribution in [0, 0.1) is 11.3 Å². The average molecular weight is 204 g/mol. The van der Waals surface area contributed by atoms with Crippen molar-refractivity contribution in [3.8, 4) is 0 Å². The lowest BCUT2D eigenvalue weighted by Crippen LogP contribution is -2.35. The quantitative estimate of drug-likeness (QED) is 0.691. The summed E-state index contributed by atoms with van der Waals surface area (Å²) >= 11 is 0. The van der Waals surface area contributed by atoms with Gasteiger partial charge in [-0.2, -0.15) is 0 Å². The summed E-state index contributed by atoms with van der Waals surface area (Å²) in [5, 5.41) is 0. The SMILES string of the molecule is CCC(C)C1(C)CCS(=O)(=O)CC1. The van der Waals surface area contributed by atoms with Crippen LogP contribution in [-0.2, 0) is 9.84 Å². The summed E-state index contributed by atoms with van der Waals surface area (Å²) in [6.07, 6.45) is 2.85. The molecule has 1 aliphatic heterocycles. The molecule has 0 N–H and O–H groups in total. The van der Waals surface area contributed by atoms with E-state index in [1.165, 1.54) is 0 Å². The van der Waals surface area contributed by atoms with E-state index >= 15 is 0 Å². The molecule has 1 heterocycles. The Morgan fingerprint density at radius 1 is 1.31 bits per heavy atom. The van der Waals surface area contributed by atoms with E-state index in [0.29, 0.717) is 17.4 Å². The van der Waals surface area contributed by atoms with Crippen LogP contribution >= 0.6 is 0 Å². The monoisotopic (exact) mass is 204 g/mol. The van der Waals surface area contributed by atoms with Gasteiger partial charge in [0.15, 0.2) is 0 Å². The van der Waals surface area contributed by atoms with Crippen molar-refractivity contribution in [2.45, 2.75) is 40.0 Å². The summed E-state index contributed by atoms with van der Waals surface area (Å²) in [6, 6.07) is 0. The van der Waals surface area contributed by atoms with Crippen LogP contribution in [0.25, 0.3) is 0 Å². The average Bonchev–Trinajstić information content (AvgIpc) is 2.09. The van der Waals surface area contributed by atoms with Crippen molar-refractivity contribution < 1.29 is 8.42 Å². The van der Waals surface area contributed by atoms with E-state index in [-0.39, 0.29) is 5.41 Å². The molecule has 78 valence electrons. The highest BCUT2D eigenvalue weighted by Crippen LogP contribution is 2.40. The summed E-state index contributed by atoms with van der Waals surface area (Å²) in [5.74, 6) is 1.43. The Labute approximate surface area is 81.6 Å². The van der Waals surface area contributed by atoms with Crippen LogP contribution in [0.4, 0.5) is 0 Å². The molecule has 1 saturated heterocycles. The predicted molar refractivity (Wildman–Crippen MR) is 55.4 cm³/mol. The predicted octanol–water partition coefficient (Wildman–Crippen LogP) is 2.25. The van der Waals surface area contributed by atoms with Crippen molar-refractivity contribution >= 4 is 9.84 Å². The molecule has 0 amide bonds. The molecule has 0 spiro atoms. The van der Waals surface area contributed by atoms with Crippen LogP contribution in [0.3, 0.4) is 0 Å². The largest absolute Gasteiger partial charge is 0.229 e. The molecular weight excluding hydrogens is 184 g/mol. The van der Waals surface area contributed by atoms with Gasteiger partial charge in [-0.25, -0.2) is 8.42 Å². The van der Waals surface area contributed by atoms with Crippen molar-refractivity contribution in [2.24, 2.45) is 11.3 Å². The van der Waals surface area contributed by atoms with Gasteiger partial charge in [0.25, 0.3) is 0 Å². The first-order valence-electron chi connectivity index (χ1n) is 5.10. The van der Waals surface area contributed by atoms with Gasteiger partial charge in [-0.3, -0.25) is 0 Å². The van der Waals surface area contributed by atoms with E-state index < -0.39 is 9.84 Å². The highest BCUT2D eigenvalue weighted by atomic mass is 32.2. The van der Waals surface area contributed by atoms with Crippen molar-refractivity contribution in [3.05, 3.63) is 0 Å². The Bertz CT molecular complexity index is 253. The Balaban J connectivity index is 2.66. The van der Waals surface area contributed by atoms with Gasteiger partial charge in [0, 0.05) is 0 Å². The smallest absolute Gasteiger partial charge is 0.150 e. The Hall–Kier alpha value is -0.0500. The maximum Gasteiger partial charge on any atom is 0.150 e. The van der Waals surface area contributed by atoms with Crippen molar-refractivity contribution in [1.82, 2.24) is 0 Å². The van der Waals surface area contributed by atoms with Gasteiger partial charge in [-0.1, -0.05) is 27.2 Å². The first kappa shape index (κ1) is 11.0. The van der Waals surface area contributed by atoms with E-state index in [2.05, 4.69) is 20.8 Å². The second kappa shape index (κ2) is 3.60. The number of sulfone groups is 1. The van der Waals surface area contributed by atoms with Gasteiger partial charge in [0.2, 0.25) is 0 Å². The number of hydrogen-bond donors (Lipinski definition) is 0. The molecule has 0 radical (unpaired) electrons. The summed E-state index contributed by atoms with van der Waals surface area (Å²) < 4.78 is 22.5. The minimum atomic E-state index is -2.70. The third-order valence-corrected chi connectivity index (χ3v) is 5.42. The zero-order valence-electron chi connectivity index (χ0n) is 8.84. The molecule has 0 aromatic carbocycles. The topological polar surface area (TPSA) is 34.1 Å². The molecule has 1 atom stereocenters. The van der Waals surface area contributed by atoms with Crippen molar-refractivity contribution in [1.29, 1.82) is 0 Å². The van der Waals surface area contributed by atoms with Crippen LogP contribution in [0.2, 0.25) is 0 Å². The summed E-state index contributed by atoms with van der Waals surface area (Å²) in [5.41, 5.74) is 0.264. The van der Waals surface area contributed by atoms with Gasteiger partial charge in [-0.05, 0) is 24.2 Å². The molecule has 13 heavy (non-hydrogen) atoms. The Morgan fingerprint density at radius 3 is 2.15 bits per heavy atom. The van der Waals surface area contributed by atoms with Gasteiger partial charge in [0.05, 0.1) is 11.5 Å². The minimum Gasteiger partial charge on any atom is -0.229 e. The molecule has 1 unspecified atom stereocenters. The fourth-order valence-electron chi connectivity index (χ4n) is 1.99. The lowest BCUT2D eigenvalue weighted by Gasteiger charge is -2.38. The lowest BCUT2D eigenvalue weighted by molar-refractivity contribution is 0.174. The first-order chi connectivity index (χ1) is 5.90. The molecule has 3 heteroatoms. The van der Waals surface area contributed by atoms with Crippen LogP contribution in [0.15, 0.2) is 0 Å². The third-order valence-electron chi connectivity index (χ3n) is 3.77. The second-order valence-corrected chi connectivity index (χ2v) is 6.92. The number of hydrogen-bond acceptors (Lipinski definition) is 2. The van der Waals surface area contributed by atoms with Gasteiger partial charge in [0.1, 0.15) is 9.84 Å². The summed E-state index contributed by atoms with van der Waals surface area (Å²) in [4.78, 5) is 0. The van der Waals surface area contributed by atoms with Crippen LogP contribution in [-0.4, -0.2) is 19.9 Å². The lowest BCUT2D eigenvalue weighted by atomic mass is 9.72. The highest BCUT2D eigenvalue weighted by molar-refractivity contribution is 7.91. The molecule has 1 rings (SSSR count). The maximum absolute atomic E-state index is 11.2.